The number of thiazole rings is 1. The zero-order valence-corrected chi connectivity index (χ0v) is 12.4. The molecular formula is C14H17ClN2OS. The lowest BCUT2D eigenvalue weighted by Crippen LogP contribution is -2.15. The number of nitrogens with one attached hydrogen (secondary N) is 1. The smallest absolute Gasteiger partial charge is 0.131 e. The Morgan fingerprint density at radius 1 is 1.42 bits per heavy atom. The van der Waals surface area contributed by atoms with Crippen molar-refractivity contribution in [3.8, 4) is 5.75 Å². The Bertz CT molecular complexity index is 502. The SMILES string of the molecule is CCCNCc1c(Cl)cccc1OCc1cscn1. The summed E-state index contributed by atoms with van der Waals surface area (Å²) >= 11 is 7.80. The van der Waals surface area contributed by atoms with Crippen molar-refractivity contribution < 1.29 is 4.74 Å². The van der Waals surface area contributed by atoms with Crippen LogP contribution in [0.15, 0.2) is 29.1 Å². The average Bonchev–Trinajstić information content (AvgIpc) is 2.92. The Hall–Kier alpha value is -1.10. The zero-order valence-electron chi connectivity index (χ0n) is 10.9. The summed E-state index contributed by atoms with van der Waals surface area (Å²) in [6, 6.07) is 5.74. The topological polar surface area (TPSA) is 34.1 Å². The summed E-state index contributed by atoms with van der Waals surface area (Å²) in [4.78, 5) is 4.20. The van der Waals surface area contributed by atoms with Crippen molar-refractivity contribution in [2.75, 3.05) is 6.54 Å². The van der Waals surface area contributed by atoms with Crippen molar-refractivity contribution in [1.29, 1.82) is 0 Å². The van der Waals surface area contributed by atoms with E-state index in [-0.39, 0.29) is 0 Å². The largest absolute Gasteiger partial charge is 0.487 e. The fourth-order valence-corrected chi connectivity index (χ4v) is 2.47. The standard InChI is InChI=1S/C14H17ClN2OS/c1-2-6-16-7-12-13(15)4-3-5-14(12)18-8-11-9-19-10-17-11/h3-5,9-10,16H,2,6-8H2,1H3. The first-order valence-electron chi connectivity index (χ1n) is 6.29. The van der Waals surface area contributed by atoms with Crippen LogP contribution in [0, 0.1) is 0 Å². The Morgan fingerprint density at radius 3 is 3.05 bits per heavy atom. The number of hydrogen-bond donors (Lipinski definition) is 1. The number of ether oxygens (including phenoxy) is 1. The van der Waals surface area contributed by atoms with Gasteiger partial charge in [0, 0.05) is 22.5 Å². The molecule has 3 nitrogen and oxygen atoms in total. The molecule has 0 spiro atoms. The highest BCUT2D eigenvalue weighted by Gasteiger charge is 2.08. The third-order valence-corrected chi connectivity index (χ3v) is 3.65. The number of aromatic nitrogens is 1. The van der Waals surface area contributed by atoms with Crippen LogP contribution in [0.5, 0.6) is 5.75 Å². The van der Waals surface area contributed by atoms with E-state index in [2.05, 4.69) is 17.2 Å². The van der Waals surface area contributed by atoms with Crippen molar-refractivity contribution >= 4 is 22.9 Å². The molecule has 1 heterocycles. The van der Waals surface area contributed by atoms with Crippen LogP contribution in [0.4, 0.5) is 0 Å². The van der Waals surface area contributed by atoms with Gasteiger partial charge in [-0.25, -0.2) is 4.98 Å². The molecule has 1 aromatic carbocycles. The molecule has 0 aliphatic rings. The normalized spacial score (nSPS) is 10.6. The van der Waals surface area contributed by atoms with E-state index >= 15 is 0 Å². The van der Waals surface area contributed by atoms with Crippen LogP contribution >= 0.6 is 22.9 Å². The first-order valence-corrected chi connectivity index (χ1v) is 7.61. The van der Waals surface area contributed by atoms with Gasteiger partial charge in [-0.1, -0.05) is 24.6 Å². The predicted octanol–water partition coefficient (Wildman–Crippen LogP) is 3.88. The monoisotopic (exact) mass is 296 g/mol. The number of nitrogens with zero attached hydrogens (tertiary/aromatic N) is 1. The number of benzene rings is 1. The summed E-state index contributed by atoms with van der Waals surface area (Å²) in [7, 11) is 0. The number of halogens is 1. The molecule has 0 saturated heterocycles. The maximum atomic E-state index is 6.24. The minimum absolute atomic E-state index is 0.477. The van der Waals surface area contributed by atoms with E-state index in [9.17, 15) is 0 Å². The quantitative estimate of drug-likeness (QED) is 0.788. The lowest BCUT2D eigenvalue weighted by molar-refractivity contribution is 0.298. The molecule has 0 aliphatic heterocycles. The average molecular weight is 297 g/mol. The molecule has 19 heavy (non-hydrogen) atoms. The van der Waals surface area contributed by atoms with E-state index in [0.717, 1.165) is 41.5 Å². The van der Waals surface area contributed by atoms with Crippen molar-refractivity contribution in [2.24, 2.45) is 0 Å². The summed E-state index contributed by atoms with van der Waals surface area (Å²) in [5, 5.41) is 6.07. The van der Waals surface area contributed by atoms with Crippen molar-refractivity contribution in [3.05, 3.63) is 45.4 Å². The summed E-state index contributed by atoms with van der Waals surface area (Å²) in [5.41, 5.74) is 3.76. The van der Waals surface area contributed by atoms with Gasteiger partial charge in [-0.3, -0.25) is 0 Å². The van der Waals surface area contributed by atoms with Gasteiger partial charge in [-0.05, 0) is 25.1 Å². The van der Waals surface area contributed by atoms with Crippen LogP contribution in [-0.4, -0.2) is 11.5 Å². The molecule has 2 aromatic rings. The highest BCUT2D eigenvalue weighted by Crippen LogP contribution is 2.27. The molecule has 5 heteroatoms. The van der Waals surface area contributed by atoms with Crippen LogP contribution in [0.25, 0.3) is 0 Å². The predicted molar refractivity (Wildman–Crippen MR) is 79.9 cm³/mol. The fourth-order valence-electron chi connectivity index (χ4n) is 1.70. The number of rotatable bonds is 7. The molecule has 0 atom stereocenters. The van der Waals surface area contributed by atoms with Crippen molar-refractivity contribution in [3.63, 3.8) is 0 Å². The highest BCUT2D eigenvalue weighted by atomic mass is 35.5. The first-order chi connectivity index (χ1) is 9.31. The van der Waals surface area contributed by atoms with Crippen LogP contribution in [0.2, 0.25) is 5.02 Å². The molecule has 0 bridgehead atoms. The molecule has 2 rings (SSSR count). The van der Waals surface area contributed by atoms with E-state index in [4.69, 9.17) is 16.3 Å². The summed E-state index contributed by atoms with van der Waals surface area (Å²) < 4.78 is 5.81. The van der Waals surface area contributed by atoms with E-state index in [1.807, 2.05) is 23.6 Å². The Morgan fingerprint density at radius 2 is 2.32 bits per heavy atom. The van der Waals surface area contributed by atoms with Crippen LogP contribution < -0.4 is 10.1 Å². The molecule has 102 valence electrons. The molecule has 1 aromatic heterocycles. The van der Waals surface area contributed by atoms with Gasteiger partial charge >= 0.3 is 0 Å². The number of hydrogen-bond acceptors (Lipinski definition) is 4. The second kappa shape index (κ2) is 7.48. The highest BCUT2D eigenvalue weighted by molar-refractivity contribution is 7.07. The van der Waals surface area contributed by atoms with Crippen LogP contribution in [0.3, 0.4) is 0 Å². The minimum Gasteiger partial charge on any atom is -0.487 e. The van der Waals surface area contributed by atoms with Gasteiger partial charge in [0.1, 0.15) is 12.4 Å². The van der Waals surface area contributed by atoms with Crippen LogP contribution in [-0.2, 0) is 13.2 Å². The van der Waals surface area contributed by atoms with Crippen LogP contribution in [0.1, 0.15) is 24.6 Å². The van der Waals surface area contributed by atoms with E-state index in [1.165, 1.54) is 0 Å². The maximum absolute atomic E-state index is 6.24. The lowest BCUT2D eigenvalue weighted by atomic mass is 10.2. The lowest BCUT2D eigenvalue weighted by Gasteiger charge is -2.13. The van der Waals surface area contributed by atoms with E-state index in [1.54, 1.807) is 16.8 Å². The van der Waals surface area contributed by atoms with E-state index < -0.39 is 0 Å². The summed E-state index contributed by atoms with van der Waals surface area (Å²) in [6.45, 7) is 4.31. The zero-order chi connectivity index (χ0) is 13.5. The van der Waals surface area contributed by atoms with Gasteiger partial charge in [-0.15, -0.1) is 11.3 Å². The molecule has 1 N–H and O–H groups in total. The van der Waals surface area contributed by atoms with Gasteiger partial charge in [0.25, 0.3) is 0 Å². The van der Waals surface area contributed by atoms with Crippen molar-refractivity contribution in [2.45, 2.75) is 26.5 Å². The Balaban J connectivity index is 2.03. The Kier molecular flexibility index (Phi) is 5.63. The maximum Gasteiger partial charge on any atom is 0.131 e. The molecular weight excluding hydrogens is 280 g/mol. The third kappa shape index (κ3) is 4.20. The van der Waals surface area contributed by atoms with Gasteiger partial charge in [0.15, 0.2) is 0 Å². The second-order valence-corrected chi connectivity index (χ2v) is 5.29. The molecule has 0 fully saturated rings. The van der Waals surface area contributed by atoms with Gasteiger partial charge in [0.05, 0.1) is 11.2 Å². The van der Waals surface area contributed by atoms with Crippen molar-refractivity contribution in [1.82, 2.24) is 10.3 Å². The minimum atomic E-state index is 0.477. The Labute approximate surface area is 122 Å². The van der Waals surface area contributed by atoms with E-state index in [0.29, 0.717) is 6.61 Å². The summed E-state index contributed by atoms with van der Waals surface area (Å²) in [6.07, 6.45) is 1.10. The molecule has 0 amide bonds. The summed E-state index contributed by atoms with van der Waals surface area (Å²) in [5.74, 6) is 0.823. The third-order valence-electron chi connectivity index (χ3n) is 2.66. The fraction of sp³-hybridized carbons (Fsp3) is 0.357. The van der Waals surface area contributed by atoms with Gasteiger partial charge in [0.2, 0.25) is 0 Å². The second-order valence-electron chi connectivity index (χ2n) is 4.16. The molecule has 0 unspecified atom stereocenters. The van der Waals surface area contributed by atoms with Gasteiger partial charge < -0.3 is 10.1 Å². The van der Waals surface area contributed by atoms with Gasteiger partial charge in [-0.2, -0.15) is 0 Å². The molecule has 0 saturated carbocycles. The molecule has 0 radical (unpaired) electrons. The first kappa shape index (κ1) is 14.3. The molecule has 0 aliphatic carbocycles.